The topological polar surface area (TPSA) is 92.9 Å². The van der Waals surface area contributed by atoms with Crippen LogP contribution in [0.4, 0.5) is 11.5 Å². The van der Waals surface area contributed by atoms with Gasteiger partial charge in [0.25, 0.3) is 5.56 Å². The predicted molar refractivity (Wildman–Crippen MR) is 85.4 cm³/mol. The first kappa shape index (κ1) is 14.9. The molecule has 8 heteroatoms. The molecule has 0 amide bonds. The van der Waals surface area contributed by atoms with Crippen molar-refractivity contribution >= 4 is 38.8 Å². The second kappa shape index (κ2) is 6.27. The highest BCUT2D eigenvalue weighted by Crippen LogP contribution is 2.21. The van der Waals surface area contributed by atoms with Crippen LogP contribution in [0.25, 0.3) is 0 Å². The fraction of sp³-hybridized carbons (Fsp3) is 0.333. The van der Waals surface area contributed by atoms with Crippen LogP contribution in [0.15, 0.2) is 25.5 Å². The molecule has 0 bridgehead atoms. The highest BCUT2D eigenvalue weighted by Gasteiger charge is 2.11. The summed E-state index contributed by atoms with van der Waals surface area (Å²) in [4.78, 5) is 26.8. The number of hydrogen-bond acceptors (Lipinski definition) is 5. The van der Waals surface area contributed by atoms with Gasteiger partial charge in [0.15, 0.2) is 0 Å². The number of hydrogen-bond donors (Lipinski definition) is 3. The van der Waals surface area contributed by atoms with Crippen molar-refractivity contribution in [3.63, 3.8) is 0 Å². The Morgan fingerprint density at radius 3 is 2.85 bits per heavy atom. The number of aromatic amines is 1. The van der Waals surface area contributed by atoms with E-state index in [-0.39, 0.29) is 11.5 Å². The lowest BCUT2D eigenvalue weighted by Gasteiger charge is -2.12. The Hall–Kier alpha value is -1.54. The van der Waals surface area contributed by atoms with Crippen molar-refractivity contribution in [3.05, 3.63) is 41.6 Å². The average Bonchev–Trinajstić information content (AvgIpc) is 2.80. The van der Waals surface area contributed by atoms with E-state index in [4.69, 9.17) is 5.73 Å². The summed E-state index contributed by atoms with van der Waals surface area (Å²) in [5, 5.41) is 4.96. The molecule has 0 spiro atoms. The van der Waals surface area contributed by atoms with Crippen LogP contribution >= 0.6 is 27.3 Å². The molecule has 2 aromatic rings. The second-order valence-corrected chi connectivity index (χ2v) is 6.17. The van der Waals surface area contributed by atoms with Crippen molar-refractivity contribution in [2.24, 2.45) is 0 Å². The van der Waals surface area contributed by atoms with E-state index in [1.165, 1.54) is 4.57 Å². The number of rotatable bonds is 5. The third-order valence-corrected chi connectivity index (χ3v) is 4.45. The van der Waals surface area contributed by atoms with Crippen molar-refractivity contribution in [1.82, 2.24) is 9.55 Å². The highest BCUT2D eigenvalue weighted by molar-refractivity contribution is 9.10. The van der Waals surface area contributed by atoms with Gasteiger partial charge in [0.2, 0.25) is 0 Å². The number of nitrogens with zero attached hydrogens (tertiary/aromatic N) is 1. The number of nitrogens with two attached hydrogens (primary N) is 1. The molecule has 2 rings (SSSR count). The molecule has 108 valence electrons. The Kier molecular flexibility index (Phi) is 4.66. The van der Waals surface area contributed by atoms with Gasteiger partial charge < -0.3 is 11.1 Å². The first-order valence-electron chi connectivity index (χ1n) is 6.12. The first-order valence-corrected chi connectivity index (χ1v) is 7.79. The number of anilines is 2. The third-order valence-electron chi connectivity index (χ3n) is 2.75. The molecule has 0 saturated carbocycles. The summed E-state index contributed by atoms with van der Waals surface area (Å²) in [6, 6.07) is 1.96. The van der Waals surface area contributed by atoms with Crippen LogP contribution in [0.2, 0.25) is 0 Å². The summed E-state index contributed by atoms with van der Waals surface area (Å²) in [5.41, 5.74) is 5.19. The molecule has 0 aliphatic heterocycles. The molecule has 0 atom stereocenters. The van der Waals surface area contributed by atoms with E-state index in [9.17, 15) is 9.59 Å². The standard InChI is InChI=1S/C12H15BrN4O2S/c1-2-3-17-10(14)9(11(18)16-12(17)19)15-5-8-4-7(13)6-20-8/h4,6,15H,2-3,5,14H2,1H3,(H,16,18,19). The minimum absolute atomic E-state index is 0.177. The maximum absolute atomic E-state index is 11.8. The van der Waals surface area contributed by atoms with Gasteiger partial charge in [-0.15, -0.1) is 11.3 Å². The van der Waals surface area contributed by atoms with Gasteiger partial charge in [0, 0.05) is 27.8 Å². The van der Waals surface area contributed by atoms with Crippen molar-refractivity contribution in [1.29, 1.82) is 0 Å². The molecule has 0 aliphatic rings. The lowest BCUT2D eigenvalue weighted by Crippen LogP contribution is -2.34. The van der Waals surface area contributed by atoms with Gasteiger partial charge in [0.1, 0.15) is 11.5 Å². The third kappa shape index (κ3) is 3.13. The SMILES string of the molecule is CCCn1c(N)c(NCc2cc(Br)cs2)c(=O)[nH]c1=O. The number of thiophene rings is 1. The summed E-state index contributed by atoms with van der Waals surface area (Å²) in [6.07, 6.45) is 0.757. The van der Waals surface area contributed by atoms with Crippen molar-refractivity contribution < 1.29 is 0 Å². The normalized spacial score (nSPS) is 10.7. The molecule has 4 N–H and O–H groups in total. The van der Waals surface area contributed by atoms with Crippen LogP contribution in [0.5, 0.6) is 0 Å². The minimum Gasteiger partial charge on any atom is -0.383 e. The van der Waals surface area contributed by atoms with Crippen LogP contribution < -0.4 is 22.3 Å². The quantitative estimate of drug-likeness (QED) is 0.761. The molecule has 0 radical (unpaired) electrons. The van der Waals surface area contributed by atoms with Gasteiger partial charge in [-0.25, -0.2) is 4.79 Å². The molecular weight excluding hydrogens is 344 g/mol. The fourth-order valence-corrected chi connectivity index (χ4v) is 3.22. The van der Waals surface area contributed by atoms with Crippen LogP contribution in [-0.2, 0) is 13.1 Å². The van der Waals surface area contributed by atoms with E-state index in [1.807, 2.05) is 18.4 Å². The smallest absolute Gasteiger partial charge is 0.330 e. The minimum atomic E-state index is -0.490. The maximum Gasteiger partial charge on any atom is 0.330 e. The van der Waals surface area contributed by atoms with E-state index in [0.717, 1.165) is 15.8 Å². The molecular formula is C12H15BrN4O2S. The van der Waals surface area contributed by atoms with E-state index >= 15 is 0 Å². The van der Waals surface area contributed by atoms with Crippen molar-refractivity contribution in [3.8, 4) is 0 Å². The second-order valence-electron chi connectivity index (χ2n) is 4.26. The molecule has 2 aromatic heterocycles. The van der Waals surface area contributed by atoms with Gasteiger partial charge in [0.05, 0.1) is 0 Å². The highest BCUT2D eigenvalue weighted by atomic mass is 79.9. The number of aromatic nitrogens is 2. The molecule has 6 nitrogen and oxygen atoms in total. The summed E-state index contributed by atoms with van der Waals surface area (Å²) in [6.45, 7) is 2.89. The van der Waals surface area contributed by atoms with Crippen molar-refractivity contribution in [2.75, 3.05) is 11.1 Å². The summed E-state index contributed by atoms with van der Waals surface area (Å²) in [5.74, 6) is 0.177. The zero-order chi connectivity index (χ0) is 14.7. The van der Waals surface area contributed by atoms with Crippen molar-refractivity contribution in [2.45, 2.75) is 26.4 Å². The number of H-pyrrole nitrogens is 1. The number of nitrogens with one attached hydrogen (secondary N) is 2. The molecule has 20 heavy (non-hydrogen) atoms. The Labute approximate surface area is 127 Å². The summed E-state index contributed by atoms with van der Waals surface area (Å²) in [7, 11) is 0. The fourth-order valence-electron chi connectivity index (χ4n) is 1.83. The van der Waals surface area contributed by atoms with Gasteiger partial charge in [-0.2, -0.15) is 0 Å². The predicted octanol–water partition coefficient (Wildman–Crippen LogP) is 1.96. The Morgan fingerprint density at radius 2 is 2.25 bits per heavy atom. The van der Waals surface area contributed by atoms with E-state index in [2.05, 4.69) is 26.2 Å². The molecule has 0 unspecified atom stereocenters. The molecule has 0 aromatic carbocycles. The van der Waals surface area contributed by atoms with E-state index in [1.54, 1.807) is 11.3 Å². The Morgan fingerprint density at radius 1 is 1.50 bits per heavy atom. The zero-order valence-corrected chi connectivity index (χ0v) is 13.3. The van der Waals surface area contributed by atoms with E-state index < -0.39 is 11.2 Å². The molecule has 2 heterocycles. The number of halogens is 1. The van der Waals surface area contributed by atoms with Crippen LogP contribution in [0, 0.1) is 0 Å². The van der Waals surface area contributed by atoms with Crippen LogP contribution in [-0.4, -0.2) is 9.55 Å². The monoisotopic (exact) mass is 358 g/mol. The van der Waals surface area contributed by atoms with E-state index in [0.29, 0.717) is 13.1 Å². The zero-order valence-electron chi connectivity index (χ0n) is 10.9. The summed E-state index contributed by atoms with van der Waals surface area (Å²) < 4.78 is 2.37. The van der Waals surface area contributed by atoms with Gasteiger partial charge in [-0.3, -0.25) is 14.3 Å². The maximum atomic E-state index is 11.8. The lowest BCUT2D eigenvalue weighted by atomic mass is 10.4. The lowest BCUT2D eigenvalue weighted by molar-refractivity contribution is 0.642. The summed E-state index contributed by atoms with van der Waals surface area (Å²) >= 11 is 4.94. The number of nitrogen functional groups attached to an aromatic ring is 1. The molecule has 0 fully saturated rings. The van der Waals surface area contributed by atoms with Gasteiger partial charge in [-0.1, -0.05) is 6.92 Å². The Balaban J connectivity index is 2.29. The van der Waals surface area contributed by atoms with Crippen LogP contribution in [0.3, 0.4) is 0 Å². The first-order chi connectivity index (χ1) is 9.52. The largest absolute Gasteiger partial charge is 0.383 e. The molecule has 0 aliphatic carbocycles. The van der Waals surface area contributed by atoms with Gasteiger partial charge >= 0.3 is 5.69 Å². The average molecular weight is 359 g/mol. The Bertz CT molecular complexity index is 719. The van der Waals surface area contributed by atoms with Crippen LogP contribution in [0.1, 0.15) is 18.2 Å². The molecule has 0 saturated heterocycles. The van der Waals surface area contributed by atoms with Gasteiger partial charge in [-0.05, 0) is 28.4 Å².